The standard InChI is InChI=1S/C20H16F6N4O/c1-2-6-28-18(31)17-15(27)14-5-3-4-13(16(14)29-30-17)10-7-11(19(21,22)23)9-12(8-10)20(24,25)26/h3-5,7-9H,2,6H2,1H3,(H2,27,29)(H,28,31). The number of nitrogen functional groups attached to an aromatic ring is 1. The number of carbonyl (C=O) groups excluding carboxylic acids is 1. The normalized spacial score (nSPS) is 12.2. The monoisotopic (exact) mass is 442 g/mol. The zero-order valence-electron chi connectivity index (χ0n) is 16.0. The van der Waals surface area contributed by atoms with Crippen molar-refractivity contribution in [2.45, 2.75) is 25.7 Å². The highest BCUT2D eigenvalue weighted by Gasteiger charge is 2.37. The van der Waals surface area contributed by atoms with Gasteiger partial charge in [-0.2, -0.15) is 26.3 Å². The van der Waals surface area contributed by atoms with Gasteiger partial charge in [0.1, 0.15) is 5.52 Å². The maximum Gasteiger partial charge on any atom is 0.416 e. The number of anilines is 1. The Morgan fingerprint density at radius 1 is 1.00 bits per heavy atom. The van der Waals surface area contributed by atoms with Gasteiger partial charge in [-0.1, -0.05) is 25.1 Å². The van der Waals surface area contributed by atoms with Gasteiger partial charge in [0, 0.05) is 17.5 Å². The van der Waals surface area contributed by atoms with Crippen molar-refractivity contribution in [3.05, 3.63) is 53.2 Å². The largest absolute Gasteiger partial charge is 0.416 e. The van der Waals surface area contributed by atoms with Crippen LogP contribution >= 0.6 is 0 Å². The molecule has 3 aromatic rings. The zero-order valence-corrected chi connectivity index (χ0v) is 16.0. The SMILES string of the molecule is CCCNC(=O)c1nnc2c(-c3cc(C(F)(F)F)cc(C(F)(F)F)c3)cccc2c1N. The number of benzene rings is 2. The van der Waals surface area contributed by atoms with Crippen LogP contribution in [-0.4, -0.2) is 22.6 Å². The number of amides is 1. The van der Waals surface area contributed by atoms with Crippen molar-refractivity contribution in [2.75, 3.05) is 12.3 Å². The molecule has 0 aliphatic carbocycles. The Labute approximate surface area is 172 Å². The topological polar surface area (TPSA) is 80.9 Å². The number of halogens is 6. The predicted molar refractivity (Wildman–Crippen MR) is 102 cm³/mol. The van der Waals surface area contributed by atoms with Gasteiger partial charge in [-0.15, -0.1) is 10.2 Å². The van der Waals surface area contributed by atoms with Crippen LogP contribution in [0.3, 0.4) is 0 Å². The first kappa shape index (κ1) is 22.3. The fourth-order valence-corrected chi connectivity index (χ4v) is 2.98. The second-order valence-corrected chi connectivity index (χ2v) is 6.71. The molecule has 2 aromatic carbocycles. The van der Waals surface area contributed by atoms with Gasteiger partial charge in [0.05, 0.1) is 16.8 Å². The van der Waals surface area contributed by atoms with Crippen LogP contribution < -0.4 is 11.1 Å². The van der Waals surface area contributed by atoms with E-state index in [9.17, 15) is 31.1 Å². The summed E-state index contributed by atoms with van der Waals surface area (Å²) in [5, 5.41) is 10.4. The van der Waals surface area contributed by atoms with E-state index in [-0.39, 0.29) is 39.5 Å². The van der Waals surface area contributed by atoms with E-state index in [1.807, 2.05) is 6.92 Å². The number of carbonyl (C=O) groups is 1. The highest BCUT2D eigenvalue weighted by atomic mass is 19.4. The summed E-state index contributed by atoms with van der Waals surface area (Å²) in [6.45, 7) is 2.20. The molecule has 3 rings (SSSR count). The quantitative estimate of drug-likeness (QED) is 0.554. The lowest BCUT2D eigenvalue weighted by Crippen LogP contribution is -2.26. The molecule has 11 heteroatoms. The number of rotatable bonds is 4. The number of nitrogens with zero attached hydrogens (tertiary/aromatic N) is 2. The summed E-state index contributed by atoms with van der Waals surface area (Å²) in [6, 6.07) is 5.41. The molecule has 0 radical (unpaired) electrons. The number of hydrogen-bond acceptors (Lipinski definition) is 4. The number of nitrogens with one attached hydrogen (secondary N) is 1. The third kappa shape index (κ3) is 4.54. The molecule has 164 valence electrons. The van der Waals surface area contributed by atoms with E-state index in [1.165, 1.54) is 18.2 Å². The van der Waals surface area contributed by atoms with Crippen molar-refractivity contribution >= 4 is 22.5 Å². The highest BCUT2D eigenvalue weighted by Crippen LogP contribution is 2.40. The molecule has 31 heavy (non-hydrogen) atoms. The number of nitrogens with two attached hydrogens (primary N) is 1. The van der Waals surface area contributed by atoms with Crippen LogP contribution in [0, 0.1) is 0 Å². The van der Waals surface area contributed by atoms with E-state index < -0.39 is 29.4 Å². The Morgan fingerprint density at radius 3 is 2.16 bits per heavy atom. The van der Waals surface area contributed by atoms with Crippen molar-refractivity contribution in [2.24, 2.45) is 0 Å². The van der Waals surface area contributed by atoms with Crippen molar-refractivity contribution in [1.29, 1.82) is 0 Å². The van der Waals surface area contributed by atoms with Crippen molar-refractivity contribution in [3.8, 4) is 11.1 Å². The molecule has 0 unspecified atom stereocenters. The van der Waals surface area contributed by atoms with E-state index in [4.69, 9.17) is 5.73 Å². The van der Waals surface area contributed by atoms with Gasteiger partial charge < -0.3 is 11.1 Å². The Balaban J connectivity index is 2.22. The fraction of sp³-hybridized carbons (Fsp3) is 0.250. The molecule has 0 fully saturated rings. The summed E-state index contributed by atoms with van der Waals surface area (Å²) in [5.74, 6) is -0.586. The molecule has 3 N–H and O–H groups in total. The summed E-state index contributed by atoms with van der Waals surface area (Å²) >= 11 is 0. The first-order valence-corrected chi connectivity index (χ1v) is 9.06. The Bertz CT molecular complexity index is 1110. The molecule has 5 nitrogen and oxygen atoms in total. The van der Waals surface area contributed by atoms with Gasteiger partial charge in [-0.05, 0) is 30.2 Å². The fourth-order valence-electron chi connectivity index (χ4n) is 2.98. The van der Waals surface area contributed by atoms with Crippen molar-refractivity contribution < 1.29 is 31.1 Å². The van der Waals surface area contributed by atoms with E-state index in [0.29, 0.717) is 25.1 Å². The average Bonchev–Trinajstić information content (AvgIpc) is 2.70. The Morgan fingerprint density at radius 2 is 1.61 bits per heavy atom. The molecule has 0 aliphatic heterocycles. The third-order valence-corrected chi connectivity index (χ3v) is 4.48. The first-order chi connectivity index (χ1) is 14.4. The third-order valence-electron chi connectivity index (χ3n) is 4.48. The van der Waals surface area contributed by atoms with Gasteiger partial charge in [-0.25, -0.2) is 0 Å². The maximum atomic E-state index is 13.2. The molecule has 1 amide bonds. The van der Waals surface area contributed by atoms with Gasteiger partial charge in [0.15, 0.2) is 5.69 Å². The molecule has 0 saturated carbocycles. The lowest BCUT2D eigenvalue weighted by molar-refractivity contribution is -0.143. The molecule has 0 bridgehead atoms. The number of alkyl halides is 6. The van der Waals surface area contributed by atoms with Gasteiger partial charge in [-0.3, -0.25) is 4.79 Å². The average molecular weight is 442 g/mol. The second-order valence-electron chi connectivity index (χ2n) is 6.71. The Hall–Kier alpha value is -3.37. The van der Waals surface area contributed by atoms with Crippen LogP contribution in [0.25, 0.3) is 22.0 Å². The highest BCUT2D eigenvalue weighted by molar-refractivity contribution is 6.07. The summed E-state index contributed by atoms with van der Waals surface area (Å²) in [4.78, 5) is 12.2. The van der Waals surface area contributed by atoms with Gasteiger partial charge >= 0.3 is 12.4 Å². The van der Waals surface area contributed by atoms with Crippen LogP contribution in [0.4, 0.5) is 32.0 Å². The molecule has 0 spiro atoms. The summed E-state index contributed by atoms with van der Waals surface area (Å²) in [7, 11) is 0. The van der Waals surface area contributed by atoms with Crippen LogP contribution in [0.15, 0.2) is 36.4 Å². The second kappa shape index (κ2) is 8.05. The molecular formula is C20H16F6N4O. The molecular weight excluding hydrogens is 426 g/mol. The lowest BCUT2D eigenvalue weighted by atomic mass is 9.96. The molecule has 1 aromatic heterocycles. The first-order valence-electron chi connectivity index (χ1n) is 9.06. The van der Waals surface area contributed by atoms with E-state index in [1.54, 1.807) is 0 Å². The van der Waals surface area contributed by atoms with Crippen molar-refractivity contribution in [3.63, 3.8) is 0 Å². The lowest BCUT2D eigenvalue weighted by Gasteiger charge is -2.15. The molecule has 1 heterocycles. The van der Waals surface area contributed by atoms with E-state index in [2.05, 4.69) is 15.5 Å². The maximum absolute atomic E-state index is 13.2. The number of hydrogen-bond donors (Lipinski definition) is 2. The summed E-state index contributed by atoms with van der Waals surface area (Å²) in [6.07, 6.45) is -9.32. The van der Waals surface area contributed by atoms with Crippen molar-refractivity contribution in [1.82, 2.24) is 15.5 Å². The zero-order chi connectivity index (χ0) is 23.0. The van der Waals surface area contributed by atoms with Crippen LogP contribution in [0.1, 0.15) is 35.0 Å². The van der Waals surface area contributed by atoms with Crippen LogP contribution in [0.2, 0.25) is 0 Å². The minimum Gasteiger partial charge on any atom is -0.396 e. The predicted octanol–water partition coefficient (Wildman–Crippen LogP) is 5.06. The molecule has 0 aliphatic rings. The van der Waals surface area contributed by atoms with E-state index >= 15 is 0 Å². The molecule has 0 saturated heterocycles. The summed E-state index contributed by atoms with van der Waals surface area (Å²) < 4.78 is 79.3. The van der Waals surface area contributed by atoms with E-state index in [0.717, 1.165) is 0 Å². The number of aromatic nitrogens is 2. The Kier molecular flexibility index (Phi) is 5.79. The minimum atomic E-state index is -4.99. The van der Waals surface area contributed by atoms with Gasteiger partial charge in [0.25, 0.3) is 5.91 Å². The summed E-state index contributed by atoms with van der Waals surface area (Å²) in [5.41, 5.74) is 2.43. The molecule has 0 atom stereocenters. The van der Waals surface area contributed by atoms with Gasteiger partial charge in [0.2, 0.25) is 0 Å². The smallest absolute Gasteiger partial charge is 0.396 e. The minimum absolute atomic E-state index is 0.0282. The van der Waals surface area contributed by atoms with Crippen LogP contribution in [-0.2, 0) is 12.4 Å². The van der Waals surface area contributed by atoms with Crippen LogP contribution in [0.5, 0.6) is 0 Å². The number of fused-ring (bicyclic) bond motifs is 1.